The second kappa shape index (κ2) is 8.42. The first-order valence-electron chi connectivity index (χ1n) is 10.3. The van der Waals surface area contributed by atoms with Gasteiger partial charge in [0.05, 0.1) is 5.57 Å². The molecule has 4 rings (SSSR count). The summed E-state index contributed by atoms with van der Waals surface area (Å²) in [4.78, 5) is 30.2. The van der Waals surface area contributed by atoms with Crippen LogP contribution in [0.4, 0.5) is 5.69 Å². The van der Waals surface area contributed by atoms with Crippen molar-refractivity contribution in [3.8, 4) is 0 Å². The van der Waals surface area contributed by atoms with Crippen LogP contribution in [-0.4, -0.2) is 29.8 Å². The Bertz CT molecular complexity index is 965. The molecular formula is C24H25ClN2O2. The highest BCUT2D eigenvalue weighted by atomic mass is 35.5. The van der Waals surface area contributed by atoms with Crippen LogP contribution in [0.3, 0.4) is 0 Å². The van der Waals surface area contributed by atoms with E-state index >= 15 is 0 Å². The first-order chi connectivity index (χ1) is 14.1. The number of hydrogen-bond acceptors (Lipinski definition) is 3. The predicted octanol–water partition coefficient (Wildman–Crippen LogP) is 5.06. The fourth-order valence-corrected chi connectivity index (χ4v) is 4.29. The average molecular weight is 409 g/mol. The van der Waals surface area contributed by atoms with Crippen LogP contribution in [0.2, 0.25) is 5.02 Å². The van der Waals surface area contributed by atoms with Crippen LogP contribution in [0.5, 0.6) is 0 Å². The van der Waals surface area contributed by atoms with Gasteiger partial charge in [0.25, 0.3) is 11.8 Å². The molecule has 0 saturated heterocycles. The first kappa shape index (κ1) is 19.7. The van der Waals surface area contributed by atoms with Crippen molar-refractivity contribution in [2.45, 2.75) is 39.0 Å². The van der Waals surface area contributed by atoms with Gasteiger partial charge in [0.15, 0.2) is 0 Å². The van der Waals surface area contributed by atoms with Gasteiger partial charge in [0.2, 0.25) is 0 Å². The highest BCUT2D eigenvalue weighted by Gasteiger charge is 2.42. The van der Waals surface area contributed by atoms with Crippen LogP contribution in [0.25, 0.3) is 5.57 Å². The Morgan fingerprint density at radius 1 is 0.931 bits per heavy atom. The lowest BCUT2D eigenvalue weighted by Crippen LogP contribution is -2.35. The summed E-state index contributed by atoms with van der Waals surface area (Å²) >= 11 is 6.05. The summed E-state index contributed by atoms with van der Waals surface area (Å²) in [5, 5.41) is 0.607. The van der Waals surface area contributed by atoms with Gasteiger partial charge in [-0.3, -0.25) is 14.5 Å². The van der Waals surface area contributed by atoms with Gasteiger partial charge < -0.3 is 4.90 Å². The molecule has 4 nitrogen and oxygen atoms in total. The van der Waals surface area contributed by atoms with Gasteiger partial charge in [-0.1, -0.05) is 68.1 Å². The summed E-state index contributed by atoms with van der Waals surface area (Å²) < 4.78 is 0. The normalized spacial score (nSPS) is 16.2. The van der Waals surface area contributed by atoms with Crippen molar-refractivity contribution >= 4 is 34.7 Å². The maximum atomic E-state index is 13.4. The molecule has 0 unspecified atom stereocenters. The minimum absolute atomic E-state index is 0.187. The van der Waals surface area contributed by atoms with Crippen LogP contribution >= 0.6 is 11.6 Å². The molecule has 0 saturated carbocycles. The number of fused-ring (bicyclic) bond motifs is 1. The quantitative estimate of drug-likeness (QED) is 0.474. The van der Waals surface area contributed by atoms with E-state index in [-0.39, 0.29) is 11.8 Å². The smallest absolute Gasteiger partial charge is 0.278 e. The lowest BCUT2D eigenvalue weighted by atomic mass is 10.0. The van der Waals surface area contributed by atoms with Crippen LogP contribution in [0, 0.1) is 0 Å². The van der Waals surface area contributed by atoms with Crippen molar-refractivity contribution in [3.63, 3.8) is 0 Å². The number of unbranched alkanes of at least 4 members (excludes halogenated alkanes) is 3. The molecular weight excluding hydrogens is 384 g/mol. The van der Waals surface area contributed by atoms with Gasteiger partial charge in [-0.15, -0.1) is 0 Å². The first-order valence-corrected chi connectivity index (χ1v) is 10.7. The second-order valence-electron chi connectivity index (χ2n) is 7.58. The summed E-state index contributed by atoms with van der Waals surface area (Å²) in [6.45, 7) is 3.32. The largest absolute Gasteiger partial charge is 0.336 e. The van der Waals surface area contributed by atoms with E-state index in [0.717, 1.165) is 43.4 Å². The minimum atomic E-state index is -0.201. The molecule has 0 aromatic heterocycles. The number of anilines is 1. The Labute approximate surface area is 176 Å². The fraction of sp³-hybridized carbons (Fsp3) is 0.333. The Morgan fingerprint density at radius 3 is 2.45 bits per heavy atom. The molecule has 2 aliphatic heterocycles. The maximum absolute atomic E-state index is 13.4. The molecule has 0 aliphatic carbocycles. The molecule has 29 heavy (non-hydrogen) atoms. The van der Waals surface area contributed by atoms with Crippen molar-refractivity contribution in [3.05, 3.63) is 70.4 Å². The third kappa shape index (κ3) is 3.69. The number of rotatable bonds is 7. The average Bonchev–Trinajstić information content (AvgIpc) is 3.25. The van der Waals surface area contributed by atoms with E-state index in [0.29, 0.717) is 29.4 Å². The summed E-state index contributed by atoms with van der Waals surface area (Å²) in [6, 6.07) is 15.3. The monoisotopic (exact) mass is 408 g/mol. The minimum Gasteiger partial charge on any atom is -0.336 e. The Hall–Kier alpha value is -2.59. The number of hydrogen-bond donors (Lipinski definition) is 0. The third-order valence-electron chi connectivity index (χ3n) is 5.67. The van der Waals surface area contributed by atoms with Crippen LogP contribution in [0.15, 0.2) is 54.2 Å². The van der Waals surface area contributed by atoms with Gasteiger partial charge in [0, 0.05) is 23.8 Å². The molecule has 0 N–H and O–H groups in total. The number of para-hydroxylation sites is 1. The van der Waals surface area contributed by atoms with Crippen LogP contribution in [-0.2, 0) is 16.0 Å². The van der Waals surface area contributed by atoms with E-state index < -0.39 is 0 Å². The highest BCUT2D eigenvalue weighted by molar-refractivity contribution is 6.37. The summed E-state index contributed by atoms with van der Waals surface area (Å²) in [5.74, 6) is -0.388. The Morgan fingerprint density at radius 2 is 1.69 bits per heavy atom. The second-order valence-corrected chi connectivity index (χ2v) is 8.02. The van der Waals surface area contributed by atoms with E-state index in [2.05, 4.69) is 13.0 Å². The molecule has 0 fully saturated rings. The number of amides is 2. The molecule has 2 aliphatic rings. The molecule has 0 atom stereocenters. The number of benzene rings is 2. The zero-order chi connectivity index (χ0) is 20.4. The molecule has 2 amide bonds. The highest BCUT2D eigenvalue weighted by Crippen LogP contribution is 2.38. The molecule has 2 aromatic rings. The Kier molecular flexibility index (Phi) is 5.72. The van der Waals surface area contributed by atoms with Gasteiger partial charge in [0.1, 0.15) is 5.70 Å². The molecule has 2 aromatic carbocycles. The number of carbonyl (C=O) groups is 2. The van der Waals surface area contributed by atoms with Crippen molar-refractivity contribution in [1.82, 2.24) is 4.90 Å². The van der Waals surface area contributed by atoms with E-state index in [1.54, 1.807) is 12.1 Å². The summed E-state index contributed by atoms with van der Waals surface area (Å²) in [6.07, 6.45) is 4.95. The molecule has 0 spiro atoms. The molecule has 2 heterocycles. The lowest BCUT2D eigenvalue weighted by Gasteiger charge is -2.21. The van der Waals surface area contributed by atoms with Crippen LogP contribution < -0.4 is 4.90 Å². The van der Waals surface area contributed by atoms with Crippen molar-refractivity contribution in [2.24, 2.45) is 0 Å². The molecule has 0 radical (unpaired) electrons. The molecule has 5 heteroatoms. The van der Waals surface area contributed by atoms with Crippen molar-refractivity contribution in [1.29, 1.82) is 0 Å². The summed E-state index contributed by atoms with van der Waals surface area (Å²) in [5.41, 5.74) is 3.94. The topological polar surface area (TPSA) is 40.6 Å². The number of carbonyl (C=O) groups excluding carboxylic acids is 2. The van der Waals surface area contributed by atoms with Crippen LogP contribution in [0.1, 0.15) is 43.7 Å². The zero-order valence-corrected chi connectivity index (χ0v) is 17.4. The fourth-order valence-electron chi connectivity index (χ4n) is 4.16. The van der Waals surface area contributed by atoms with E-state index in [9.17, 15) is 9.59 Å². The molecule has 0 bridgehead atoms. The van der Waals surface area contributed by atoms with Crippen molar-refractivity contribution in [2.75, 3.05) is 18.0 Å². The van der Waals surface area contributed by atoms with Gasteiger partial charge in [-0.05, 0) is 42.2 Å². The number of halogens is 1. The number of imide groups is 1. The van der Waals surface area contributed by atoms with E-state index in [1.807, 2.05) is 35.2 Å². The Balaban J connectivity index is 1.73. The summed E-state index contributed by atoms with van der Waals surface area (Å²) in [7, 11) is 0. The van der Waals surface area contributed by atoms with Crippen molar-refractivity contribution < 1.29 is 9.59 Å². The van der Waals surface area contributed by atoms with Gasteiger partial charge in [-0.25, -0.2) is 0 Å². The van der Waals surface area contributed by atoms with E-state index in [4.69, 9.17) is 11.6 Å². The van der Waals surface area contributed by atoms with Gasteiger partial charge >= 0.3 is 0 Å². The lowest BCUT2D eigenvalue weighted by molar-refractivity contribution is -0.136. The van der Waals surface area contributed by atoms with Gasteiger partial charge in [-0.2, -0.15) is 0 Å². The maximum Gasteiger partial charge on any atom is 0.278 e. The molecule has 150 valence electrons. The number of nitrogens with zero attached hydrogens (tertiary/aromatic N) is 2. The predicted molar refractivity (Wildman–Crippen MR) is 117 cm³/mol. The van der Waals surface area contributed by atoms with E-state index in [1.165, 1.54) is 10.5 Å². The SMILES string of the molecule is CCCCCCN1C(=O)C(c2ccc(Cl)cc2)=C(N2CCc3ccccc32)C1=O. The standard InChI is InChI=1S/C24H25ClN2O2/c1-2-3-4-7-15-27-23(28)21(18-10-12-19(25)13-11-18)22(24(27)29)26-16-14-17-8-5-6-9-20(17)26/h5-6,8-13H,2-4,7,14-16H2,1H3. The zero-order valence-electron chi connectivity index (χ0n) is 16.7. The third-order valence-corrected chi connectivity index (χ3v) is 5.92.